The summed E-state index contributed by atoms with van der Waals surface area (Å²) in [6.07, 6.45) is 2.26. The summed E-state index contributed by atoms with van der Waals surface area (Å²) in [5.74, 6) is 0. The Morgan fingerprint density at radius 2 is 2.18 bits per heavy atom. The molecule has 0 amide bonds. The summed E-state index contributed by atoms with van der Waals surface area (Å²) in [7, 11) is 0. The fraction of sp³-hybridized carbons (Fsp3) is 1.00. The smallest absolute Gasteiger partial charge is 0.130 e. The monoisotopic (exact) mass is 176 g/mol. The lowest BCUT2D eigenvalue weighted by Crippen LogP contribution is -3.00. The normalized spacial score (nSPS) is 53.2. The van der Waals surface area contributed by atoms with Crippen molar-refractivity contribution in [2.45, 2.75) is 30.7 Å². The van der Waals surface area contributed by atoms with E-state index in [1.54, 1.807) is 0 Å². The van der Waals surface area contributed by atoms with Crippen molar-refractivity contribution < 1.29 is 22.9 Å². The zero-order chi connectivity index (χ0) is 6.72. The Hall–Kier alpha value is 0.170. The van der Waals surface area contributed by atoms with E-state index in [9.17, 15) is 0 Å². The molecule has 3 fully saturated rings. The van der Waals surface area contributed by atoms with Gasteiger partial charge in [-0.3, -0.25) is 4.90 Å². The Labute approximate surface area is 72.3 Å². The van der Waals surface area contributed by atoms with E-state index >= 15 is 0 Å². The average Bonchev–Trinajstić information content (AvgIpc) is 2.44. The van der Waals surface area contributed by atoms with Crippen molar-refractivity contribution in [3.05, 3.63) is 0 Å². The Morgan fingerprint density at radius 3 is 2.73 bits per heavy atom. The van der Waals surface area contributed by atoms with Crippen molar-refractivity contribution in [1.29, 1.82) is 0 Å². The van der Waals surface area contributed by atoms with Gasteiger partial charge in [0, 0.05) is 13.1 Å². The summed E-state index contributed by atoms with van der Waals surface area (Å²) >= 11 is 0. The number of hydrogen-bond acceptors (Lipinski definition) is 2. The molecule has 0 radical (unpaired) electrons. The van der Waals surface area contributed by atoms with Crippen LogP contribution in [0, 0.1) is 0 Å². The van der Waals surface area contributed by atoms with E-state index < -0.39 is 0 Å². The average molecular weight is 177 g/mol. The zero-order valence-electron chi connectivity index (χ0n) is 6.37. The van der Waals surface area contributed by atoms with E-state index in [0.29, 0.717) is 24.3 Å². The van der Waals surface area contributed by atoms with E-state index in [1.807, 2.05) is 0 Å². The van der Waals surface area contributed by atoms with Crippen molar-refractivity contribution >= 4 is 0 Å². The second-order valence-electron chi connectivity index (χ2n) is 3.65. The van der Waals surface area contributed by atoms with Gasteiger partial charge in [-0.1, -0.05) is 0 Å². The van der Waals surface area contributed by atoms with Gasteiger partial charge >= 0.3 is 0 Å². The number of nitrogens with zero attached hydrogens (tertiary/aromatic N) is 1. The first kappa shape index (κ1) is 7.80. The molecule has 0 aromatic carbocycles. The molecule has 4 unspecified atom stereocenters. The molecule has 3 saturated heterocycles. The molecule has 3 heterocycles. The van der Waals surface area contributed by atoms with Crippen molar-refractivity contribution in [2.75, 3.05) is 13.1 Å². The minimum atomic E-state index is 0. The summed E-state index contributed by atoms with van der Waals surface area (Å²) in [4.78, 5) is 2.54. The molecule has 0 saturated carbocycles. The van der Waals surface area contributed by atoms with Gasteiger partial charge in [-0.15, -0.1) is 0 Å². The topological polar surface area (TPSA) is 40.1 Å². The molecule has 3 aliphatic heterocycles. The van der Waals surface area contributed by atoms with Crippen LogP contribution in [-0.2, 0) is 4.74 Å². The fourth-order valence-corrected chi connectivity index (χ4v) is 2.71. The third-order valence-electron chi connectivity index (χ3n) is 3.18. The zero-order valence-corrected chi connectivity index (χ0v) is 7.13. The van der Waals surface area contributed by atoms with E-state index in [1.165, 1.54) is 13.0 Å². The standard InChI is InChI=1S/C7H12N2O.ClH/c8-6-5-3-9-2-1-4(10-5)7(6)9;/h4-7H,1-3,8H2;1H. The minimum absolute atomic E-state index is 0. The highest BCUT2D eigenvalue weighted by Crippen LogP contribution is 2.37. The Kier molecular flexibility index (Phi) is 1.65. The quantitative estimate of drug-likeness (QED) is 0.404. The lowest BCUT2D eigenvalue weighted by atomic mass is 10.1. The summed E-state index contributed by atoms with van der Waals surface area (Å²) in [5.41, 5.74) is 4.14. The molecular weight excluding hydrogens is 164 g/mol. The summed E-state index contributed by atoms with van der Waals surface area (Å²) < 4.78 is 5.76. The SMILES string of the molecule is [Cl-].[NH3+]C1C2CN3CCC(O2)C13. The molecule has 0 aromatic rings. The third kappa shape index (κ3) is 0.798. The highest BCUT2D eigenvalue weighted by atomic mass is 35.5. The second kappa shape index (κ2) is 2.33. The fourth-order valence-electron chi connectivity index (χ4n) is 2.71. The van der Waals surface area contributed by atoms with Gasteiger partial charge in [0.05, 0.1) is 12.1 Å². The van der Waals surface area contributed by atoms with Gasteiger partial charge in [0.15, 0.2) is 0 Å². The molecule has 4 heteroatoms. The number of ether oxygens (including phenoxy) is 1. The molecule has 64 valence electrons. The number of morpholine rings is 1. The number of fused-ring (bicyclic) bond motifs is 1. The van der Waals surface area contributed by atoms with Crippen LogP contribution in [0.4, 0.5) is 0 Å². The maximum Gasteiger partial charge on any atom is 0.130 e. The van der Waals surface area contributed by atoms with Crippen molar-refractivity contribution in [3.63, 3.8) is 0 Å². The highest BCUT2D eigenvalue weighted by molar-refractivity contribution is 5.07. The van der Waals surface area contributed by atoms with E-state index in [4.69, 9.17) is 4.74 Å². The maximum absolute atomic E-state index is 5.76. The summed E-state index contributed by atoms with van der Waals surface area (Å²) in [6.45, 7) is 2.40. The van der Waals surface area contributed by atoms with Crippen LogP contribution < -0.4 is 18.1 Å². The van der Waals surface area contributed by atoms with Crippen molar-refractivity contribution in [1.82, 2.24) is 4.90 Å². The van der Waals surface area contributed by atoms with Crippen LogP contribution in [0.1, 0.15) is 6.42 Å². The second-order valence-corrected chi connectivity index (χ2v) is 3.65. The number of quaternary nitrogens is 1. The van der Waals surface area contributed by atoms with Gasteiger partial charge in [0.1, 0.15) is 12.1 Å². The first-order valence-electron chi connectivity index (χ1n) is 4.09. The van der Waals surface area contributed by atoms with Crippen LogP contribution in [-0.4, -0.2) is 42.3 Å². The van der Waals surface area contributed by atoms with E-state index in [2.05, 4.69) is 10.6 Å². The number of halogens is 1. The first-order valence-corrected chi connectivity index (χ1v) is 4.09. The van der Waals surface area contributed by atoms with Gasteiger partial charge in [-0.2, -0.15) is 0 Å². The molecule has 3 nitrogen and oxygen atoms in total. The van der Waals surface area contributed by atoms with Crippen molar-refractivity contribution in [2.24, 2.45) is 0 Å². The Bertz CT molecular complexity index is 161. The summed E-state index contributed by atoms with van der Waals surface area (Å²) in [5, 5.41) is 0. The van der Waals surface area contributed by atoms with Crippen LogP contribution in [0.3, 0.4) is 0 Å². The van der Waals surface area contributed by atoms with Gasteiger partial charge in [-0.25, -0.2) is 0 Å². The predicted molar refractivity (Wildman–Crippen MR) is 35.3 cm³/mol. The molecule has 3 N–H and O–H groups in total. The van der Waals surface area contributed by atoms with Crippen LogP contribution in [0.5, 0.6) is 0 Å². The van der Waals surface area contributed by atoms with Gasteiger partial charge in [-0.05, 0) is 6.42 Å². The molecule has 2 bridgehead atoms. The minimum Gasteiger partial charge on any atom is -1.00 e. The molecule has 3 rings (SSSR count). The van der Waals surface area contributed by atoms with Crippen LogP contribution >= 0.6 is 0 Å². The Balaban J connectivity index is 0.000000480. The molecule has 3 aliphatic rings. The maximum atomic E-state index is 5.76. The van der Waals surface area contributed by atoms with Crippen LogP contribution in [0.2, 0.25) is 0 Å². The van der Waals surface area contributed by atoms with Gasteiger partial charge in [0.25, 0.3) is 0 Å². The number of hydrogen-bond donors (Lipinski definition) is 1. The molecule has 4 atom stereocenters. The van der Waals surface area contributed by atoms with E-state index in [-0.39, 0.29) is 12.4 Å². The Morgan fingerprint density at radius 1 is 1.36 bits per heavy atom. The predicted octanol–water partition coefficient (Wildman–Crippen LogP) is -4.54. The highest BCUT2D eigenvalue weighted by Gasteiger charge is 2.57. The van der Waals surface area contributed by atoms with Crippen molar-refractivity contribution in [3.8, 4) is 0 Å². The van der Waals surface area contributed by atoms with E-state index in [0.717, 1.165) is 6.54 Å². The number of rotatable bonds is 0. The van der Waals surface area contributed by atoms with Gasteiger partial charge in [0.2, 0.25) is 0 Å². The lowest BCUT2D eigenvalue weighted by Gasteiger charge is -2.19. The molecule has 11 heavy (non-hydrogen) atoms. The first-order chi connectivity index (χ1) is 4.86. The molecular formula is C7H13ClN2O. The molecule has 0 aliphatic carbocycles. The van der Waals surface area contributed by atoms with Gasteiger partial charge < -0.3 is 22.9 Å². The van der Waals surface area contributed by atoms with Crippen LogP contribution in [0.25, 0.3) is 0 Å². The molecule has 0 spiro atoms. The molecule has 0 aromatic heterocycles. The van der Waals surface area contributed by atoms with Crippen LogP contribution in [0.15, 0.2) is 0 Å². The lowest BCUT2D eigenvalue weighted by molar-refractivity contribution is -0.424. The summed E-state index contributed by atoms with van der Waals surface area (Å²) in [6, 6.07) is 1.25. The largest absolute Gasteiger partial charge is 1.00 e. The third-order valence-corrected chi connectivity index (χ3v) is 3.18.